The average molecular weight is 276 g/mol. The molecule has 3 N–H and O–H groups in total. The minimum Gasteiger partial charge on any atom is -0.406 e. The van der Waals surface area contributed by atoms with Crippen molar-refractivity contribution in [2.75, 3.05) is 5.32 Å². The molecule has 19 heavy (non-hydrogen) atoms. The number of carbonyl (C=O) groups is 1. The van der Waals surface area contributed by atoms with E-state index < -0.39 is 11.9 Å². The fraction of sp³-hybridized carbons (Fsp3) is 0.417. The van der Waals surface area contributed by atoms with Crippen LogP contribution in [0.4, 0.5) is 18.9 Å². The zero-order valence-corrected chi connectivity index (χ0v) is 10.5. The fourth-order valence-electron chi connectivity index (χ4n) is 1.36. The van der Waals surface area contributed by atoms with Gasteiger partial charge in [-0.05, 0) is 38.1 Å². The molecule has 0 aliphatic heterocycles. The van der Waals surface area contributed by atoms with E-state index in [0.717, 1.165) is 12.1 Å². The van der Waals surface area contributed by atoms with E-state index in [9.17, 15) is 18.0 Å². The Morgan fingerprint density at radius 2 is 1.79 bits per heavy atom. The molecule has 0 unspecified atom stereocenters. The number of nitrogens with one attached hydrogen (secondary N) is 1. The van der Waals surface area contributed by atoms with Crippen molar-refractivity contribution in [3.8, 4) is 5.75 Å². The molecule has 0 saturated heterocycles. The Morgan fingerprint density at radius 1 is 1.26 bits per heavy atom. The van der Waals surface area contributed by atoms with Crippen LogP contribution in [0, 0.1) is 0 Å². The van der Waals surface area contributed by atoms with Gasteiger partial charge in [0.25, 0.3) is 0 Å². The van der Waals surface area contributed by atoms with E-state index in [1.165, 1.54) is 12.1 Å². The molecule has 1 aromatic rings. The maximum absolute atomic E-state index is 11.9. The molecule has 1 amide bonds. The lowest BCUT2D eigenvalue weighted by atomic mass is 10.0. The molecule has 0 aliphatic carbocycles. The van der Waals surface area contributed by atoms with Gasteiger partial charge in [0.05, 0.1) is 0 Å². The monoisotopic (exact) mass is 276 g/mol. The van der Waals surface area contributed by atoms with Gasteiger partial charge in [-0.25, -0.2) is 0 Å². The van der Waals surface area contributed by atoms with Gasteiger partial charge >= 0.3 is 6.36 Å². The summed E-state index contributed by atoms with van der Waals surface area (Å²) in [7, 11) is 0. The minimum atomic E-state index is -4.73. The summed E-state index contributed by atoms with van der Waals surface area (Å²) < 4.78 is 39.5. The van der Waals surface area contributed by atoms with E-state index in [-0.39, 0.29) is 18.1 Å². The topological polar surface area (TPSA) is 64.4 Å². The van der Waals surface area contributed by atoms with Crippen LogP contribution in [0.1, 0.15) is 20.3 Å². The molecular weight excluding hydrogens is 261 g/mol. The van der Waals surface area contributed by atoms with E-state index in [1.54, 1.807) is 13.8 Å². The highest BCUT2D eigenvalue weighted by molar-refractivity contribution is 5.91. The lowest BCUT2D eigenvalue weighted by Crippen LogP contribution is -2.36. The number of anilines is 1. The number of carbonyl (C=O) groups excluding carboxylic acids is 1. The first-order valence-corrected chi connectivity index (χ1v) is 5.50. The first-order valence-electron chi connectivity index (χ1n) is 5.50. The van der Waals surface area contributed by atoms with E-state index in [2.05, 4.69) is 10.1 Å². The summed E-state index contributed by atoms with van der Waals surface area (Å²) in [6.07, 6.45) is -4.62. The van der Waals surface area contributed by atoms with Crippen LogP contribution in [0.5, 0.6) is 5.75 Å². The third kappa shape index (κ3) is 6.66. The summed E-state index contributed by atoms with van der Waals surface area (Å²) >= 11 is 0. The third-order valence-electron chi connectivity index (χ3n) is 1.99. The highest BCUT2D eigenvalue weighted by Gasteiger charge is 2.30. The molecule has 1 aromatic carbocycles. The second-order valence-electron chi connectivity index (χ2n) is 4.79. The summed E-state index contributed by atoms with van der Waals surface area (Å²) in [6, 6.07) is 4.89. The van der Waals surface area contributed by atoms with Crippen LogP contribution in [0.3, 0.4) is 0 Å². The number of hydrogen-bond acceptors (Lipinski definition) is 3. The van der Waals surface area contributed by atoms with E-state index in [0.29, 0.717) is 5.69 Å². The quantitative estimate of drug-likeness (QED) is 0.888. The van der Waals surface area contributed by atoms with Crippen LogP contribution >= 0.6 is 0 Å². The van der Waals surface area contributed by atoms with Crippen molar-refractivity contribution in [3.63, 3.8) is 0 Å². The van der Waals surface area contributed by atoms with Gasteiger partial charge in [0.2, 0.25) is 5.91 Å². The molecule has 1 rings (SSSR count). The number of nitrogens with two attached hydrogens (primary N) is 1. The number of rotatable bonds is 4. The Morgan fingerprint density at radius 3 is 2.21 bits per heavy atom. The standard InChI is InChI=1S/C12H15F3N2O2/c1-11(2,16)7-10(18)17-8-3-5-9(6-4-8)19-12(13,14)15/h3-6H,7,16H2,1-2H3,(H,17,18). The SMILES string of the molecule is CC(C)(N)CC(=O)Nc1ccc(OC(F)(F)F)cc1. The molecule has 0 atom stereocenters. The molecule has 0 fully saturated rings. The van der Waals surface area contributed by atoms with Crippen molar-refractivity contribution in [1.29, 1.82) is 0 Å². The van der Waals surface area contributed by atoms with Crippen LogP contribution in [-0.4, -0.2) is 17.8 Å². The summed E-state index contributed by atoms with van der Waals surface area (Å²) in [6.45, 7) is 3.40. The predicted molar refractivity (Wildman–Crippen MR) is 64.6 cm³/mol. The molecule has 0 saturated carbocycles. The Labute approximate surface area is 108 Å². The largest absolute Gasteiger partial charge is 0.573 e. The van der Waals surface area contributed by atoms with Crippen molar-refractivity contribution in [3.05, 3.63) is 24.3 Å². The lowest BCUT2D eigenvalue weighted by molar-refractivity contribution is -0.274. The van der Waals surface area contributed by atoms with E-state index >= 15 is 0 Å². The predicted octanol–water partition coefficient (Wildman–Crippen LogP) is 2.65. The molecule has 0 spiro atoms. The van der Waals surface area contributed by atoms with Gasteiger partial charge in [-0.3, -0.25) is 4.79 Å². The van der Waals surface area contributed by atoms with Crippen molar-refractivity contribution in [2.24, 2.45) is 5.73 Å². The smallest absolute Gasteiger partial charge is 0.406 e. The number of hydrogen-bond donors (Lipinski definition) is 2. The van der Waals surface area contributed by atoms with Crippen LogP contribution in [0.2, 0.25) is 0 Å². The molecule has 7 heteroatoms. The molecular formula is C12H15F3N2O2. The summed E-state index contributed by atoms with van der Waals surface area (Å²) in [5.41, 5.74) is 5.41. The second kappa shape index (κ2) is 5.48. The number of ether oxygens (including phenoxy) is 1. The highest BCUT2D eigenvalue weighted by atomic mass is 19.4. The van der Waals surface area contributed by atoms with Crippen molar-refractivity contribution in [2.45, 2.75) is 32.2 Å². The molecule has 0 bridgehead atoms. The normalized spacial score (nSPS) is 12.1. The lowest BCUT2D eigenvalue weighted by Gasteiger charge is -2.17. The van der Waals surface area contributed by atoms with Crippen molar-refractivity contribution >= 4 is 11.6 Å². The fourth-order valence-corrected chi connectivity index (χ4v) is 1.36. The van der Waals surface area contributed by atoms with Gasteiger partial charge < -0.3 is 15.8 Å². The number of benzene rings is 1. The van der Waals surface area contributed by atoms with Gasteiger partial charge in [-0.1, -0.05) is 0 Å². The summed E-state index contributed by atoms with van der Waals surface area (Å²) in [4.78, 5) is 11.5. The van der Waals surface area contributed by atoms with Crippen LogP contribution < -0.4 is 15.8 Å². The average Bonchev–Trinajstić information content (AvgIpc) is 2.15. The first kappa shape index (κ1) is 15.3. The molecule has 0 aliphatic rings. The molecule has 0 aromatic heterocycles. The summed E-state index contributed by atoms with van der Waals surface area (Å²) in [5.74, 6) is -0.651. The molecule has 0 heterocycles. The zero-order valence-electron chi connectivity index (χ0n) is 10.5. The van der Waals surface area contributed by atoms with Crippen LogP contribution in [-0.2, 0) is 4.79 Å². The maximum Gasteiger partial charge on any atom is 0.573 e. The number of alkyl halides is 3. The number of halogens is 3. The van der Waals surface area contributed by atoms with Crippen LogP contribution in [0.25, 0.3) is 0 Å². The maximum atomic E-state index is 11.9. The highest BCUT2D eigenvalue weighted by Crippen LogP contribution is 2.24. The van der Waals surface area contributed by atoms with Crippen molar-refractivity contribution < 1.29 is 22.7 Å². The van der Waals surface area contributed by atoms with E-state index in [1.807, 2.05) is 0 Å². The zero-order chi connectivity index (χ0) is 14.7. The van der Waals surface area contributed by atoms with Crippen molar-refractivity contribution in [1.82, 2.24) is 0 Å². The Hall–Kier alpha value is -1.76. The van der Waals surface area contributed by atoms with Gasteiger partial charge in [0.1, 0.15) is 5.75 Å². The number of amides is 1. The summed E-state index contributed by atoms with van der Waals surface area (Å²) in [5, 5.41) is 2.53. The third-order valence-corrected chi connectivity index (χ3v) is 1.99. The minimum absolute atomic E-state index is 0.105. The molecule has 106 valence electrons. The Kier molecular flexibility index (Phi) is 4.41. The van der Waals surface area contributed by atoms with Crippen LogP contribution in [0.15, 0.2) is 24.3 Å². The second-order valence-corrected chi connectivity index (χ2v) is 4.79. The first-order chi connectivity index (χ1) is 8.55. The van der Waals surface area contributed by atoms with E-state index in [4.69, 9.17) is 5.73 Å². The Balaban J connectivity index is 2.60. The van der Waals surface area contributed by atoms with Gasteiger partial charge in [-0.15, -0.1) is 13.2 Å². The molecule has 0 radical (unpaired) electrons. The van der Waals surface area contributed by atoms with Gasteiger partial charge in [-0.2, -0.15) is 0 Å². The van der Waals surface area contributed by atoms with Gasteiger partial charge in [0, 0.05) is 17.6 Å². The Bertz CT molecular complexity index is 436. The van der Waals surface area contributed by atoms with Gasteiger partial charge in [0.15, 0.2) is 0 Å². The molecule has 4 nitrogen and oxygen atoms in total.